The maximum Gasteiger partial charge on any atom is 0.330 e. The summed E-state index contributed by atoms with van der Waals surface area (Å²) in [4.78, 5) is 37.9. The smallest absolute Gasteiger partial charge is 0.330 e. The lowest BCUT2D eigenvalue weighted by molar-refractivity contribution is -0.155. The molecule has 136 valence electrons. The second-order valence-corrected chi connectivity index (χ2v) is 6.69. The minimum Gasteiger partial charge on any atom is -0.374 e. The van der Waals surface area contributed by atoms with Gasteiger partial charge >= 0.3 is 6.03 Å². The topological polar surface area (TPSA) is 75.7 Å². The van der Waals surface area contributed by atoms with E-state index in [-0.39, 0.29) is 12.0 Å². The van der Waals surface area contributed by atoms with E-state index in [1.165, 1.54) is 7.05 Å². The average Bonchev–Trinajstić information content (AvgIpc) is 2.60. The van der Waals surface area contributed by atoms with Crippen LogP contribution < -0.4 is 5.32 Å². The van der Waals surface area contributed by atoms with Gasteiger partial charge in [-0.05, 0) is 31.2 Å². The quantitative estimate of drug-likeness (QED) is 0.770. The Hall–Kier alpha value is -2.21. The summed E-state index contributed by atoms with van der Waals surface area (Å²) in [5.41, 5.74) is -0.156. The molecule has 0 radical (unpaired) electrons. The number of hydrogen-bond acceptors (Lipinski definition) is 4. The van der Waals surface area contributed by atoms with E-state index >= 15 is 0 Å². The van der Waals surface area contributed by atoms with Crippen molar-refractivity contribution >= 4 is 17.8 Å². The zero-order valence-corrected chi connectivity index (χ0v) is 15.2. The molecular weight excluding hydrogens is 320 g/mol. The Bertz CT molecular complexity index is 646. The summed E-state index contributed by atoms with van der Waals surface area (Å²) in [6.45, 7) is 6.08. The highest BCUT2D eigenvalue weighted by Crippen LogP contribution is 2.39. The van der Waals surface area contributed by atoms with Gasteiger partial charge in [0.15, 0.2) is 0 Å². The first-order chi connectivity index (χ1) is 11.8. The molecular formula is C19H26N2O4. The molecule has 25 heavy (non-hydrogen) atoms. The van der Waals surface area contributed by atoms with Crippen molar-refractivity contribution < 1.29 is 19.1 Å². The Kier molecular flexibility index (Phi) is 5.95. The highest BCUT2D eigenvalue weighted by Gasteiger charge is 2.54. The number of nitrogens with one attached hydrogen (secondary N) is 1. The van der Waals surface area contributed by atoms with E-state index in [9.17, 15) is 14.4 Å². The first-order valence-electron chi connectivity index (χ1n) is 8.62. The van der Waals surface area contributed by atoms with Crippen LogP contribution in [0.2, 0.25) is 0 Å². The number of benzene rings is 1. The molecule has 4 amide bonds. The summed E-state index contributed by atoms with van der Waals surface area (Å²) in [5, 5.41) is 2.30. The zero-order chi connectivity index (χ0) is 18.6. The SMILES string of the molecule is CC[C@]1(C(C)C[C@@H](C)OCc2ccccc2)C(=O)NC(=O)N(C)C1=O. The molecule has 1 unspecified atom stereocenters. The third kappa shape index (κ3) is 3.74. The van der Waals surface area contributed by atoms with Crippen LogP contribution in [0.4, 0.5) is 4.79 Å². The van der Waals surface area contributed by atoms with Crippen LogP contribution >= 0.6 is 0 Å². The molecule has 2 rings (SSSR count). The summed E-state index contributed by atoms with van der Waals surface area (Å²) in [6, 6.07) is 9.17. The van der Waals surface area contributed by atoms with Gasteiger partial charge in [0.05, 0.1) is 12.7 Å². The van der Waals surface area contributed by atoms with Crippen molar-refractivity contribution in [3.8, 4) is 0 Å². The number of barbiturate groups is 1. The van der Waals surface area contributed by atoms with Crippen LogP contribution in [-0.2, 0) is 20.9 Å². The molecule has 6 heteroatoms. The van der Waals surface area contributed by atoms with Crippen LogP contribution in [0, 0.1) is 11.3 Å². The number of carbonyl (C=O) groups is 3. The summed E-state index contributed by atoms with van der Waals surface area (Å²) in [6.07, 6.45) is 0.756. The van der Waals surface area contributed by atoms with E-state index in [1.54, 1.807) is 6.92 Å². The summed E-state index contributed by atoms with van der Waals surface area (Å²) in [5.74, 6) is -1.20. The lowest BCUT2D eigenvalue weighted by Crippen LogP contribution is -2.64. The molecule has 0 aliphatic carbocycles. The highest BCUT2D eigenvalue weighted by atomic mass is 16.5. The van der Waals surface area contributed by atoms with Crippen molar-refractivity contribution in [3.05, 3.63) is 35.9 Å². The molecule has 6 nitrogen and oxygen atoms in total. The van der Waals surface area contributed by atoms with E-state index in [0.29, 0.717) is 19.4 Å². The molecule has 1 saturated heterocycles. The van der Waals surface area contributed by atoms with Gasteiger partial charge < -0.3 is 4.74 Å². The van der Waals surface area contributed by atoms with Gasteiger partial charge in [0, 0.05) is 7.05 Å². The van der Waals surface area contributed by atoms with Gasteiger partial charge in [0.25, 0.3) is 0 Å². The lowest BCUT2D eigenvalue weighted by atomic mass is 9.69. The van der Waals surface area contributed by atoms with Gasteiger partial charge in [-0.15, -0.1) is 0 Å². The number of nitrogens with zero attached hydrogens (tertiary/aromatic N) is 1. The number of ether oxygens (including phenoxy) is 1. The third-order valence-corrected chi connectivity index (χ3v) is 5.08. The second kappa shape index (κ2) is 7.78. The number of carbonyl (C=O) groups excluding carboxylic acids is 3. The van der Waals surface area contributed by atoms with Crippen molar-refractivity contribution in [1.82, 2.24) is 10.2 Å². The zero-order valence-electron chi connectivity index (χ0n) is 15.2. The van der Waals surface area contributed by atoms with E-state index in [0.717, 1.165) is 10.5 Å². The number of rotatable bonds is 7. The van der Waals surface area contributed by atoms with E-state index in [2.05, 4.69) is 5.32 Å². The fourth-order valence-corrected chi connectivity index (χ4v) is 3.46. The standard InChI is InChI=1S/C19H26N2O4/c1-5-19(16(22)20-18(24)21(4)17(19)23)13(2)11-14(3)25-12-15-9-7-6-8-10-15/h6-10,13-14H,5,11-12H2,1-4H3,(H,20,22,24)/t13?,14-,19+/m1/s1. The van der Waals surface area contributed by atoms with Crippen molar-refractivity contribution in [2.45, 2.75) is 46.3 Å². The second-order valence-electron chi connectivity index (χ2n) is 6.69. The van der Waals surface area contributed by atoms with E-state index < -0.39 is 23.3 Å². The van der Waals surface area contributed by atoms with Crippen LogP contribution in [-0.4, -0.2) is 35.9 Å². The summed E-state index contributed by atoms with van der Waals surface area (Å²) in [7, 11) is 1.40. The summed E-state index contributed by atoms with van der Waals surface area (Å²) < 4.78 is 5.87. The first kappa shape index (κ1) is 19.1. The molecule has 1 N–H and O–H groups in total. The molecule has 0 aromatic heterocycles. The number of amides is 4. The number of hydrogen-bond donors (Lipinski definition) is 1. The maximum absolute atomic E-state index is 12.7. The van der Waals surface area contributed by atoms with Gasteiger partial charge in [-0.3, -0.25) is 19.8 Å². The average molecular weight is 346 g/mol. The molecule has 1 heterocycles. The van der Waals surface area contributed by atoms with Gasteiger partial charge in [0.2, 0.25) is 11.8 Å². The Balaban J connectivity index is 2.06. The number of imide groups is 2. The predicted molar refractivity (Wildman–Crippen MR) is 93.5 cm³/mol. The van der Waals surface area contributed by atoms with Crippen LogP contribution in [0.1, 0.15) is 39.2 Å². The monoisotopic (exact) mass is 346 g/mol. The van der Waals surface area contributed by atoms with Crippen LogP contribution in [0.25, 0.3) is 0 Å². The van der Waals surface area contributed by atoms with E-state index in [1.807, 2.05) is 44.2 Å². The normalized spacial score (nSPS) is 23.4. The van der Waals surface area contributed by atoms with Gasteiger partial charge in [0.1, 0.15) is 5.41 Å². The van der Waals surface area contributed by atoms with Crippen LogP contribution in [0.3, 0.4) is 0 Å². The molecule has 1 aliphatic heterocycles. The van der Waals surface area contributed by atoms with Crippen LogP contribution in [0.5, 0.6) is 0 Å². The van der Waals surface area contributed by atoms with Crippen molar-refractivity contribution in [2.75, 3.05) is 7.05 Å². The van der Waals surface area contributed by atoms with E-state index in [4.69, 9.17) is 4.74 Å². The molecule has 1 aromatic carbocycles. The van der Waals surface area contributed by atoms with Crippen LogP contribution in [0.15, 0.2) is 30.3 Å². The Labute approximate surface area is 148 Å². The molecule has 3 atom stereocenters. The Morgan fingerprint density at radius 3 is 2.40 bits per heavy atom. The Morgan fingerprint density at radius 2 is 1.80 bits per heavy atom. The third-order valence-electron chi connectivity index (χ3n) is 5.08. The van der Waals surface area contributed by atoms with Gasteiger partial charge in [-0.25, -0.2) is 4.79 Å². The fourth-order valence-electron chi connectivity index (χ4n) is 3.46. The maximum atomic E-state index is 12.7. The molecule has 0 saturated carbocycles. The minimum atomic E-state index is -1.23. The molecule has 1 aliphatic rings. The first-order valence-corrected chi connectivity index (χ1v) is 8.62. The molecule has 0 spiro atoms. The van der Waals surface area contributed by atoms with Gasteiger partial charge in [-0.1, -0.05) is 44.2 Å². The highest BCUT2D eigenvalue weighted by molar-refractivity contribution is 6.19. The summed E-state index contributed by atoms with van der Waals surface area (Å²) >= 11 is 0. The van der Waals surface area contributed by atoms with Crippen molar-refractivity contribution in [1.29, 1.82) is 0 Å². The molecule has 1 fully saturated rings. The Morgan fingerprint density at radius 1 is 1.16 bits per heavy atom. The molecule has 1 aromatic rings. The minimum absolute atomic E-state index is 0.123. The van der Waals surface area contributed by atoms with Crippen molar-refractivity contribution in [3.63, 3.8) is 0 Å². The van der Waals surface area contributed by atoms with Gasteiger partial charge in [-0.2, -0.15) is 0 Å². The lowest BCUT2D eigenvalue weighted by Gasteiger charge is -2.41. The van der Waals surface area contributed by atoms with Crippen molar-refractivity contribution in [2.24, 2.45) is 11.3 Å². The molecule has 0 bridgehead atoms. The number of urea groups is 1. The fraction of sp³-hybridized carbons (Fsp3) is 0.526. The predicted octanol–water partition coefficient (Wildman–Crippen LogP) is 2.72. The largest absolute Gasteiger partial charge is 0.374 e.